The van der Waals surface area contributed by atoms with Crippen LogP contribution >= 0.6 is 0 Å². The van der Waals surface area contributed by atoms with Gasteiger partial charge in [-0.15, -0.1) is 0 Å². The van der Waals surface area contributed by atoms with Gasteiger partial charge in [-0.05, 0) is 26.2 Å². The molecule has 0 atom stereocenters. The number of carbonyl (C=O) groups excluding carboxylic acids is 1. The molecule has 25 heavy (non-hydrogen) atoms. The van der Waals surface area contributed by atoms with Gasteiger partial charge in [-0.25, -0.2) is 4.79 Å². The average Bonchev–Trinajstić information content (AvgIpc) is 2.62. The number of hydrogen-bond donors (Lipinski definition) is 0. The van der Waals surface area contributed by atoms with Crippen molar-refractivity contribution in [2.75, 3.05) is 41.2 Å². The normalized spacial score (nSPS) is 11.5. The summed E-state index contributed by atoms with van der Waals surface area (Å²) in [7, 11) is 2.44. The van der Waals surface area contributed by atoms with Crippen LogP contribution in [0.3, 0.4) is 0 Å². The molecule has 0 saturated heterocycles. The number of carbonyl (C=O) groups is 1. The van der Waals surface area contributed by atoms with Gasteiger partial charge >= 0.3 is 14.8 Å². The Labute approximate surface area is 154 Å². The summed E-state index contributed by atoms with van der Waals surface area (Å²) >= 11 is 0. The Hall–Kier alpha value is -0.733. The van der Waals surface area contributed by atoms with Gasteiger partial charge in [0.05, 0.1) is 6.61 Å². The SMILES string of the molecule is C=C(C)C(=O)OCCCCCCCCOCCC[Si](OC)(OC)OC. The highest BCUT2D eigenvalue weighted by Gasteiger charge is 2.36. The van der Waals surface area contributed by atoms with Gasteiger partial charge in [0.1, 0.15) is 0 Å². The van der Waals surface area contributed by atoms with Crippen molar-refractivity contribution in [2.24, 2.45) is 0 Å². The summed E-state index contributed by atoms with van der Waals surface area (Å²) in [6, 6.07) is 0.770. The van der Waals surface area contributed by atoms with Crippen molar-refractivity contribution in [3.8, 4) is 0 Å². The summed E-state index contributed by atoms with van der Waals surface area (Å²) in [5.41, 5.74) is 0.458. The first-order chi connectivity index (χ1) is 12.0. The van der Waals surface area contributed by atoms with E-state index in [1.165, 1.54) is 12.8 Å². The van der Waals surface area contributed by atoms with Crippen molar-refractivity contribution in [1.82, 2.24) is 0 Å². The van der Waals surface area contributed by atoms with Crippen molar-refractivity contribution < 1.29 is 27.5 Å². The molecular weight excluding hydrogens is 340 g/mol. The molecule has 0 amide bonds. The standard InChI is InChI=1S/C18H36O6Si/c1-17(2)18(19)24-15-11-9-7-6-8-10-13-23-14-12-16-25(20-3,21-4)22-5/h1,6-16H2,2-5H3. The van der Waals surface area contributed by atoms with Crippen molar-refractivity contribution >= 4 is 14.8 Å². The van der Waals surface area contributed by atoms with Crippen molar-refractivity contribution in [2.45, 2.75) is 57.9 Å². The smallest absolute Gasteiger partial charge is 0.462 e. The van der Waals surface area contributed by atoms with E-state index in [1.807, 2.05) is 0 Å². The predicted molar refractivity (Wildman–Crippen MR) is 100 cm³/mol. The minimum atomic E-state index is -2.44. The Kier molecular flexibility index (Phi) is 15.1. The summed E-state index contributed by atoms with van der Waals surface area (Å²) in [5, 5.41) is 0. The molecule has 0 aromatic heterocycles. The molecule has 6 nitrogen and oxygen atoms in total. The van der Waals surface area contributed by atoms with Gasteiger partial charge in [0.2, 0.25) is 0 Å². The van der Waals surface area contributed by atoms with E-state index in [9.17, 15) is 4.79 Å². The predicted octanol–water partition coefficient (Wildman–Crippen LogP) is 3.73. The summed E-state index contributed by atoms with van der Waals surface area (Å²) in [6.45, 7) is 7.20. The Morgan fingerprint density at radius 2 is 1.28 bits per heavy atom. The molecule has 0 aromatic rings. The molecule has 0 fully saturated rings. The number of rotatable bonds is 17. The maximum absolute atomic E-state index is 11.2. The quantitative estimate of drug-likeness (QED) is 0.167. The molecule has 0 N–H and O–H groups in total. The summed E-state index contributed by atoms with van der Waals surface area (Å²) in [5.74, 6) is -0.293. The highest BCUT2D eigenvalue weighted by atomic mass is 28.4. The molecule has 0 heterocycles. The van der Waals surface area contributed by atoms with Crippen LogP contribution in [0.2, 0.25) is 6.04 Å². The highest BCUT2D eigenvalue weighted by molar-refractivity contribution is 6.60. The number of esters is 1. The molecule has 0 aliphatic rings. The van der Waals surface area contributed by atoms with E-state index in [0.29, 0.717) is 18.8 Å². The highest BCUT2D eigenvalue weighted by Crippen LogP contribution is 2.15. The molecule has 0 aliphatic carbocycles. The van der Waals surface area contributed by atoms with Crippen LogP contribution in [0.5, 0.6) is 0 Å². The third-order valence-corrected chi connectivity index (χ3v) is 6.80. The van der Waals surface area contributed by atoms with Crippen LogP contribution in [0.15, 0.2) is 12.2 Å². The van der Waals surface area contributed by atoms with Crippen LogP contribution in [0, 0.1) is 0 Å². The fourth-order valence-corrected chi connectivity index (χ4v) is 4.04. The van der Waals surface area contributed by atoms with E-state index in [2.05, 4.69) is 6.58 Å². The molecule has 7 heteroatoms. The molecule has 0 bridgehead atoms. The Morgan fingerprint density at radius 1 is 0.800 bits per heavy atom. The van der Waals surface area contributed by atoms with E-state index in [4.69, 9.17) is 22.8 Å². The summed E-state index contributed by atoms with van der Waals surface area (Å²) in [4.78, 5) is 11.2. The maximum Gasteiger partial charge on any atom is 0.500 e. The molecule has 0 aromatic carbocycles. The minimum Gasteiger partial charge on any atom is -0.462 e. The maximum atomic E-state index is 11.2. The monoisotopic (exact) mass is 376 g/mol. The lowest BCUT2D eigenvalue weighted by molar-refractivity contribution is -0.139. The van der Waals surface area contributed by atoms with Crippen molar-refractivity contribution in [3.05, 3.63) is 12.2 Å². The molecular formula is C18H36O6Si. The Morgan fingerprint density at radius 3 is 1.80 bits per heavy atom. The fraction of sp³-hybridized carbons (Fsp3) is 0.833. The topological polar surface area (TPSA) is 63.2 Å². The molecule has 0 saturated carbocycles. The van der Waals surface area contributed by atoms with Gasteiger partial charge in [0, 0.05) is 46.2 Å². The molecule has 0 spiro atoms. The zero-order valence-electron chi connectivity index (χ0n) is 16.4. The van der Waals surface area contributed by atoms with Crippen LogP contribution in [0.4, 0.5) is 0 Å². The van der Waals surface area contributed by atoms with E-state index in [1.54, 1.807) is 28.3 Å². The molecule has 148 valence electrons. The van der Waals surface area contributed by atoms with Gasteiger partial charge in [-0.2, -0.15) is 0 Å². The zero-order valence-corrected chi connectivity index (χ0v) is 17.4. The largest absolute Gasteiger partial charge is 0.500 e. The Balaban J connectivity index is 3.34. The van der Waals surface area contributed by atoms with Gasteiger partial charge in [0.25, 0.3) is 0 Å². The van der Waals surface area contributed by atoms with Gasteiger partial charge in [-0.3, -0.25) is 0 Å². The van der Waals surface area contributed by atoms with Crippen LogP contribution in [0.25, 0.3) is 0 Å². The van der Waals surface area contributed by atoms with Gasteiger partial charge in [0.15, 0.2) is 0 Å². The second kappa shape index (κ2) is 15.5. The van der Waals surface area contributed by atoms with Crippen molar-refractivity contribution in [3.63, 3.8) is 0 Å². The van der Waals surface area contributed by atoms with E-state index in [0.717, 1.165) is 44.8 Å². The number of unbranched alkanes of at least 4 members (excludes halogenated alkanes) is 5. The van der Waals surface area contributed by atoms with Crippen LogP contribution in [-0.4, -0.2) is 55.9 Å². The summed E-state index contributed by atoms with van der Waals surface area (Å²) in [6.07, 6.45) is 7.47. The van der Waals surface area contributed by atoms with Crippen LogP contribution in [-0.2, 0) is 27.5 Å². The first-order valence-electron chi connectivity index (χ1n) is 9.07. The lowest BCUT2D eigenvalue weighted by Crippen LogP contribution is -2.42. The Bertz CT molecular complexity index is 349. The lowest BCUT2D eigenvalue weighted by atomic mass is 10.1. The molecule has 0 rings (SSSR count). The van der Waals surface area contributed by atoms with Crippen LogP contribution < -0.4 is 0 Å². The minimum absolute atomic E-state index is 0.293. The van der Waals surface area contributed by atoms with Gasteiger partial charge in [-0.1, -0.05) is 32.3 Å². The first-order valence-corrected chi connectivity index (χ1v) is 11.0. The number of ether oxygens (including phenoxy) is 2. The molecule has 0 unspecified atom stereocenters. The second-order valence-corrected chi connectivity index (χ2v) is 9.14. The van der Waals surface area contributed by atoms with Crippen molar-refractivity contribution in [1.29, 1.82) is 0 Å². The average molecular weight is 377 g/mol. The fourth-order valence-electron chi connectivity index (χ4n) is 2.35. The van der Waals surface area contributed by atoms with Crippen LogP contribution in [0.1, 0.15) is 51.9 Å². The van der Waals surface area contributed by atoms with E-state index >= 15 is 0 Å². The number of hydrogen-bond acceptors (Lipinski definition) is 6. The first kappa shape index (κ1) is 24.3. The molecule has 0 aliphatic heterocycles. The van der Waals surface area contributed by atoms with E-state index < -0.39 is 8.80 Å². The third kappa shape index (κ3) is 12.3. The molecule has 0 radical (unpaired) electrons. The summed E-state index contributed by atoms with van der Waals surface area (Å²) < 4.78 is 26.8. The zero-order chi connectivity index (χ0) is 19.0. The third-order valence-electron chi connectivity index (χ3n) is 3.97. The van der Waals surface area contributed by atoms with E-state index in [-0.39, 0.29) is 5.97 Å². The lowest BCUT2D eigenvalue weighted by Gasteiger charge is -2.24. The van der Waals surface area contributed by atoms with Gasteiger partial charge < -0.3 is 22.8 Å². The second-order valence-electron chi connectivity index (χ2n) is 6.05.